The summed E-state index contributed by atoms with van der Waals surface area (Å²) in [6.45, 7) is 1.89. The number of nitrogens with zero attached hydrogens (tertiary/aromatic N) is 1. The normalized spacial score (nSPS) is 12.2. The van der Waals surface area contributed by atoms with E-state index in [0.717, 1.165) is 23.3 Å². The second-order valence-corrected chi connectivity index (χ2v) is 8.19. The molecule has 150 valence electrons. The van der Waals surface area contributed by atoms with Gasteiger partial charge in [0.25, 0.3) is 10.0 Å². The number of anilines is 1. The van der Waals surface area contributed by atoms with Crippen molar-refractivity contribution < 1.29 is 17.6 Å². The maximum atomic E-state index is 13.0. The fraction of sp³-hybridized carbons (Fsp3) is 0.143. The van der Waals surface area contributed by atoms with Crippen LogP contribution >= 0.6 is 0 Å². The number of nitrogens with one attached hydrogen (secondary N) is 2. The van der Waals surface area contributed by atoms with Crippen molar-refractivity contribution in [2.75, 3.05) is 4.72 Å². The number of hydrogen-bond donors (Lipinski definition) is 2. The van der Waals surface area contributed by atoms with E-state index in [1.165, 1.54) is 12.1 Å². The largest absolute Gasteiger partial charge is 0.349 e. The highest BCUT2D eigenvalue weighted by atomic mass is 32.2. The van der Waals surface area contributed by atoms with Crippen molar-refractivity contribution in [2.24, 2.45) is 0 Å². The summed E-state index contributed by atoms with van der Waals surface area (Å²) in [5.41, 5.74) is 2.05. The van der Waals surface area contributed by atoms with Crippen molar-refractivity contribution >= 4 is 21.6 Å². The molecule has 0 aliphatic rings. The van der Waals surface area contributed by atoms with Gasteiger partial charge in [-0.1, -0.05) is 12.1 Å². The third kappa shape index (κ3) is 5.61. The zero-order valence-corrected chi connectivity index (χ0v) is 16.5. The monoisotopic (exact) mass is 413 g/mol. The van der Waals surface area contributed by atoms with Crippen LogP contribution in [0.1, 0.15) is 24.1 Å². The van der Waals surface area contributed by atoms with Gasteiger partial charge in [-0.15, -0.1) is 0 Å². The molecule has 1 heterocycles. The van der Waals surface area contributed by atoms with Crippen LogP contribution in [-0.4, -0.2) is 19.3 Å². The van der Waals surface area contributed by atoms with Gasteiger partial charge in [0.15, 0.2) is 0 Å². The molecule has 0 saturated carbocycles. The number of benzene rings is 2. The lowest BCUT2D eigenvalue weighted by atomic mass is 10.1. The number of rotatable bonds is 7. The van der Waals surface area contributed by atoms with Gasteiger partial charge in [-0.3, -0.25) is 14.5 Å². The second kappa shape index (κ2) is 8.83. The third-order valence-electron chi connectivity index (χ3n) is 4.28. The predicted molar refractivity (Wildman–Crippen MR) is 108 cm³/mol. The molecule has 3 aromatic rings. The second-order valence-electron chi connectivity index (χ2n) is 6.50. The first-order valence-corrected chi connectivity index (χ1v) is 10.4. The molecular weight excluding hydrogens is 393 g/mol. The van der Waals surface area contributed by atoms with E-state index in [-0.39, 0.29) is 23.3 Å². The van der Waals surface area contributed by atoms with Gasteiger partial charge in [0.1, 0.15) is 5.82 Å². The highest BCUT2D eigenvalue weighted by Gasteiger charge is 2.14. The molecule has 1 unspecified atom stereocenters. The Morgan fingerprint density at radius 2 is 1.62 bits per heavy atom. The Kier molecular flexibility index (Phi) is 6.23. The summed E-state index contributed by atoms with van der Waals surface area (Å²) in [6.07, 6.45) is 3.51. The van der Waals surface area contributed by atoms with Crippen LogP contribution in [0.5, 0.6) is 0 Å². The fourth-order valence-electron chi connectivity index (χ4n) is 2.73. The third-order valence-corrected chi connectivity index (χ3v) is 5.68. The van der Waals surface area contributed by atoms with Gasteiger partial charge in [0.2, 0.25) is 5.91 Å². The van der Waals surface area contributed by atoms with Crippen LogP contribution < -0.4 is 10.0 Å². The van der Waals surface area contributed by atoms with E-state index in [0.29, 0.717) is 5.69 Å². The molecule has 0 aliphatic carbocycles. The zero-order valence-electron chi connectivity index (χ0n) is 15.7. The summed E-state index contributed by atoms with van der Waals surface area (Å²) < 4.78 is 40.1. The van der Waals surface area contributed by atoms with Crippen LogP contribution in [0.25, 0.3) is 0 Å². The molecule has 0 aliphatic heterocycles. The Balaban J connectivity index is 1.60. The van der Waals surface area contributed by atoms with Gasteiger partial charge in [0.05, 0.1) is 17.4 Å². The molecule has 1 amide bonds. The number of carbonyl (C=O) groups excluding carboxylic acids is 1. The summed E-state index contributed by atoms with van der Waals surface area (Å²) in [5.74, 6) is -0.654. The number of sulfonamides is 1. The first-order chi connectivity index (χ1) is 13.8. The van der Waals surface area contributed by atoms with Gasteiger partial charge < -0.3 is 5.32 Å². The van der Waals surface area contributed by atoms with Crippen molar-refractivity contribution in [3.05, 3.63) is 90.0 Å². The Morgan fingerprint density at radius 1 is 1.00 bits per heavy atom. The van der Waals surface area contributed by atoms with Crippen molar-refractivity contribution in [3.63, 3.8) is 0 Å². The number of hydrogen-bond acceptors (Lipinski definition) is 4. The number of pyridine rings is 1. The Hall–Kier alpha value is -3.26. The van der Waals surface area contributed by atoms with Gasteiger partial charge >= 0.3 is 0 Å². The van der Waals surface area contributed by atoms with Gasteiger partial charge in [-0.25, -0.2) is 12.8 Å². The van der Waals surface area contributed by atoms with Crippen LogP contribution in [0.3, 0.4) is 0 Å². The quantitative estimate of drug-likeness (QED) is 0.621. The Morgan fingerprint density at radius 3 is 2.24 bits per heavy atom. The summed E-state index contributed by atoms with van der Waals surface area (Å²) in [6, 6.07) is 14.6. The van der Waals surface area contributed by atoms with Crippen LogP contribution in [0, 0.1) is 5.82 Å². The van der Waals surface area contributed by atoms with Crippen molar-refractivity contribution in [3.8, 4) is 0 Å². The lowest BCUT2D eigenvalue weighted by molar-refractivity contribution is -0.121. The first kappa shape index (κ1) is 20.5. The molecule has 0 radical (unpaired) electrons. The average Bonchev–Trinajstić information content (AvgIpc) is 2.70. The molecule has 0 saturated heterocycles. The summed E-state index contributed by atoms with van der Waals surface area (Å²) in [4.78, 5) is 16.2. The van der Waals surface area contributed by atoms with Crippen LogP contribution in [0.4, 0.5) is 10.1 Å². The summed E-state index contributed by atoms with van der Waals surface area (Å²) >= 11 is 0. The molecule has 1 atom stereocenters. The smallest absolute Gasteiger partial charge is 0.261 e. The molecule has 3 rings (SSSR count). The molecule has 1 aromatic heterocycles. The minimum absolute atomic E-state index is 0.0348. The molecule has 0 spiro atoms. The van der Waals surface area contributed by atoms with Crippen LogP contribution in [0.2, 0.25) is 0 Å². The van der Waals surface area contributed by atoms with Gasteiger partial charge in [-0.2, -0.15) is 0 Å². The highest BCUT2D eigenvalue weighted by Crippen LogP contribution is 2.18. The molecule has 8 heteroatoms. The van der Waals surface area contributed by atoms with E-state index < -0.39 is 15.8 Å². The maximum Gasteiger partial charge on any atom is 0.261 e. The molecular formula is C21H20FN3O3S. The maximum absolute atomic E-state index is 13.0. The minimum Gasteiger partial charge on any atom is -0.349 e. The predicted octanol–water partition coefficient (Wildman–Crippen LogP) is 3.44. The Bertz CT molecular complexity index is 1070. The van der Waals surface area contributed by atoms with E-state index in [1.807, 2.05) is 19.1 Å². The molecule has 29 heavy (non-hydrogen) atoms. The van der Waals surface area contributed by atoms with Crippen molar-refractivity contribution in [1.29, 1.82) is 0 Å². The van der Waals surface area contributed by atoms with Crippen molar-refractivity contribution in [1.82, 2.24) is 10.3 Å². The van der Waals surface area contributed by atoms with E-state index >= 15 is 0 Å². The molecule has 0 bridgehead atoms. The number of halogens is 1. The molecule has 2 N–H and O–H groups in total. The number of carbonyl (C=O) groups is 1. The van der Waals surface area contributed by atoms with E-state index in [9.17, 15) is 17.6 Å². The van der Waals surface area contributed by atoms with Crippen LogP contribution in [0.15, 0.2) is 78.0 Å². The lowest BCUT2D eigenvalue weighted by Gasteiger charge is -2.14. The lowest BCUT2D eigenvalue weighted by Crippen LogP contribution is -2.28. The van der Waals surface area contributed by atoms with E-state index in [4.69, 9.17) is 0 Å². The minimum atomic E-state index is -3.81. The highest BCUT2D eigenvalue weighted by molar-refractivity contribution is 7.92. The number of amides is 1. The zero-order chi connectivity index (χ0) is 20.9. The topological polar surface area (TPSA) is 88.2 Å². The molecule has 0 fully saturated rings. The summed E-state index contributed by atoms with van der Waals surface area (Å²) in [7, 11) is -3.81. The average molecular weight is 413 g/mol. The van der Waals surface area contributed by atoms with E-state index in [2.05, 4.69) is 15.0 Å². The molecule has 6 nitrogen and oxygen atoms in total. The standard InChI is InChI=1S/C21H20FN3O3S/c1-15(17-10-12-23-13-11-17)24-21(26)14-16-2-6-19(7-3-16)25-29(27,28)20-8-4-18(22)5-9-20/h2-13,15,25H,14H2,1H3,(H,24,26). The van der Waals surface area contributed by atoms with Gasteiger partial charge in [0, 0.05) is 18.1 Å². The van der Waals surface area contributed by atoms with Crippen LogP contribution in [-0.2, 0) is 21.2 Å². The first-order valence-electron chi connectivity index (χ1n) is 8.90. The molecule has 2 aromatic carbocycles. The van der Waals surface area contributed by atoms with Gasteiger partial charge in [-0.05, 0) is 66.6 Å². The summed E-state index contributed by atoms with van der Waals surface area (Å²) in [5, 5.41) is 2.91. The van der Waals surface area contributed by atoms with E-state index in [1.54, 1.807) is 36.7 Å². The SMILES string of the molecule is CC(NC(=O)Cc1ccc(NS(=O)(=O)c2ccc(F)cc2)cc1)c1ccncc1. The van der Waals surface area contributed by atoms with Crippen molar-refractivity contribution in [2.45, 2.75) is 24.3 Å². The number of aromatic nitrogens is 1. The fourth-order valence-corrected chi connectivity index (χ4v) is 3.79. The Labute approximate surface area is 168 Å².